The molecule has 2 aromatic carbocycles. The smallest absolute Gasteiger partial charge is 0.120 e. The van der Waals surface area contributed by atoms with E-state index in [9.17, 15) is 5.11 Å². The predicted molar refractivity (Wildman–Crippen MR) is 75.1 cm³/mol. The van der Waals surface area contributed by atoms with E-state index in [1.165, 1.54) is 0 Å². The lowest BCUT2D eigenvalue weighted by Crippen LogP contribution is -2.12. The summed E-state index contributed by atoms with van der Waals surface area (Å²) in [5.74, 6) is 0.305. The van der Waals surface area contributed by atoms with E-state index in [0.717, 1.165) is 11.1 Å². The zero-order chi connectivity index (χ0) is 13.0. The van der Waals surface area contributed by atoms with Crippen molar-refractivity contribution in [1.29, 1.82) is 0 Å². The molecule has 0 atom stereocenters. The maximum atomic E-state index is 9.61. The quantitative estimate of drug-likeness (QED) is 0.888. The molecule has 0 amide bonds. The molecule has 0 heterocycles. The third-order valence-electron chi connectivity index (χ3n) is 2.62. The van der Waals surface area contributed by atoms with Gasteiger partial charge in [0.25, 0.3) is 0 Å². The van der Waals surface area contributed by atoms with Crippen LogP contribution in [0.25, 0.3) is 0 Å². The molecule has 0 fully saturated rings. The molecule has 4 heteroatoms. The second kappa shape index (κ2) is 6.10. The molecule has 0 radical (unpaired) electrons. The molecule has 0 bridgehead atoms. The Morgan fingerprint density at radius 1 is 0.944 bits per heavy atom. The Morgan fingerprint density at radius 3 is 2.44 bits per heavy atom. The molecular formula is C14H13Cl2NO. The Labute approximate surface area is 116 Å². The number of halogens is 2. The van der Waals surface area contributed by atoms with E-state index in [1.807, 2.05) is 24.3 Å². The molecule has 0 spiro atoms. The van der Waals surface area contributed by atoms with Crippen molar-refractivity contribution < 1.29 is 5.11 Å². The van der Waals surface area contributed by atoms with Crippen molar-refractivity contribution >= 4 is 23.2 Å². The molecule has 0 unspecified atom stereocenters. The summed E-state index contributed by atoms with van der Waals surface area (Å²) in [5, 5.41) is 14.0. The van der Waals surface area contributed by atoms with Crippen LogP contribution in [0.2, 0.25) is 10.0 Å². The number of phenolic OH excluding ortho intramolecular Hbond substituents is 1. The minimum atomic E-state index is 0.305. The molecule has 2 nitrogen and oxygen atoms in total. The Morgan fingerprint density at radius 2 is 1.72 bits per heavy atom. The van der Waals surface area contributed by atoms with Gasteiger partial charge in [0.1, 0.15) is 5.75 Å². The molecule has 18 heavy (non-hydrogen) atoms. The van der Waals surface area contributed by atoms with Crippen LogP contribution in [-0.4, -0.2) is 5.11 Å². The first kappa shape index (κ1) is 13.2. The molecule has 94 valence electrons. The zero-order valence-electron chi connectivity index (χ0n) is 9.66. The number of benzene rings is 2. The van der Waals surface area contributed by atoms with Gasteiger partial charge in [-0.3, -0.25) is 0 Å². The van der Waals surface area contributed by atoms with Crippen LogP contribution in [0.15, 0.2) is 42.5 Å². The van der Waals surface area contributed by atoms with Crippen LogP contribution in [0.3, 0.4) is 0 Å². The predicted octanol–water partition coefficient (Wildman–Crippen LogP) is 3.99. The number of rotatable bonds is 4. The van der Waals surface area contributed by atoms with Gasteiger partial charge in [0.15, 0.2) is 0 Å². The summed E-state index contributed by atoms with van der Waals surface area (Å²) >= 11 is 11.8. The molecule has 0 aliphatic rings. The van der Waals surface area contributed by atoms with Gasteiger partial charge in [-0.1, -0.05) is 47.5 Å². The lowest BCUT2D eigenvalue weighted by Gasteiger charge is -2.07. The molecule has 0 aromatic heterocycles. The summed E-state index contributed by atoms with van der Waals surface area (Å²) in [6.45, 7) is 1.28. The largest absolute Gasteiger partial charge is 0.508 e. The van der Waals surface area contributed by atoms with Gasteiger partial charge in [-0.15, -0.1) is 0 Å². The van der Waals surface area contributed by atoms with Crippen molar-refractivity contribution in [2.45, 2.75) is 13.1 Å². The Hall–Kier alpha value is -1.22. The van der Waals surface area contributed by atoms with Gasteiger partial charge in [0, 0.05) is 18.7 Å². The fourth-order valence-corrected chi connectivity index (χ4v) is 1.97. The fourth-order valence-electron chi connectivity index (χ4n) is 1.65. The Bertz CT molecular complexity index is 543. The van der Waals surface area contributed by atoms with Crippen molar-refractivity contribution in [3.05, 3.63) is 63.6 Å². The van der Waals surface area contributed by atoms with E-state index in [4.69, 9.17) is 23.2 Å². The summed E-state index contributed by atoms with van der Waals surface area (Å²) < 4.78 is 0. The van der Waals surface area contributed by atoms with Gasteiger partial charge in [-0.2, -0.15) is 0 Å². The first-order chi connectivity index (χ1) is 8.66. The van der Waals surface area contributed by atoms with Crippen molar-refractivity contribution in [2.75, 3.05) is 0 Å². The van der Waals surface area contributed by atoms with Crippen LogP contribution in [0.4, 0.5) is 0 Å². The highest BCUT2D eigenvalue weighted by Gasteiger charge is 2.01. The maximum absolute atomic E-state index is 9.61. The van der Waals surface area contributed by atoms with Gasteiger partial charge >= 0.3 is 0 Å². The molecule has 2 N–H and O–H groups in total. The number of phenols is 1. The van der Waals surface area contributed by atoms with Gasteiger partial charge < -0.3 is 10.4 Å². The van der Waals surface area contributed by atoms with E-state index in [2.05, 4.69) is 5.32 Å². The van der Waals surface area contributed by atoms with Gasteiger partial charge in [0.2, 0.25) is 0 Å². The van der Waals surface area contributed by atoms with E-state index >= 15 is 0 Å². The van der Waals surface area contributed by atoms with Crippen LogP contribution in [-0.2, 0) is 13.1 Å². The number of aromatic hydroxyl groups is 1. The number of hydrogen-bond donors (Lipinski definition) is 2. The standard InChI is InChI=1S/C14H13Cl2NO/c15-12-6-5-10(7-13(12)16)8-17-9-11-3-1-2-4-14(11)18/h1-7,17-18H,8-9H2. The summed E-state index contributed by atoms with van der Waals surface area (Å²) in [6, 6.07) is 12.8. The third kappa shape index (κ3) is 3.39. The Kier molecular flexibility index (Phi) is 4.48. The number of nitrogens with one attached hydrogen (secondary N) is 1. The fraction of sp³-hybridized carbons (Fsp3) is 0.143. The van der Waals surface area contributed by atoms with E-state index < -0.39 is 0 Å². The zero-order valence-corrected chi connectivity index (χ0v) is 11.2. The molecule has 2 aromatic rings. The summed E-state index contributed by atoms with van der Waals surface area (Å²) in [6.07, 6.45) is 0. The average molecular weight is 282 g/mol. The molecule has 0 saturated carbocycles. The van der Waals surface area contributed by atoms with Gasteiger partial charge in [0.05, 0.1) is 10.0 Å². The highest BCUT2D eigenvalue weighted by Crippen LogP contribution is 2.22. The minimum absolute atomic E-state index is 0.305. The second-order valence-corrected chi connectivity index (χ2v) is 4.80. The highest BCUT2D eigenvalue weighted by atomic mass is 35.5. The maximum Gasteiger partial charge on any atom is 0.120 e. The number of hydrogen-bond acceptors (Lipinski definition) is 2. The number of para-hydroxylation sites is 1. The molecular weight excluding hydrogens is 269 g/mol. The Balaban J connectivity index is 1.92. The van der Waals surface area contributed by atoms with Crippen molar-refractivity contribution in [3.8, 4) is 5.75 Å². The third-order valence-corrected chi connectivity index (χ3v) is 3.36. The SMILES string of the molecule is Oc1ccccc1CNCc1ccc(Cl)c(Cl)c1. The van der Waals surface area contributed by atoms with Gasteiger partial charge in [-0.25, -0.2) is 0 Å². The molecule has 2 rings (SSSR count). The van der Waals surface area contributed by atoms with Crippen LogP contribution in [0.5, 0.6) is 5.75 Å². The first-order valence-electron chi connectivity index (χ1n) is 5.58. The summed E-state index contributed by atoms with van der Waals surface area (Å²) in [7, 11) is 0. The molecule has 0 aliphatic heterocycles. The summed E-state index contributed by atoms with van der Waals surface area (Å²) in [4.78, 5) is 0. The van der Waals surface area contributed by atoms with Crippen molar-refractivity contribution in [2.24, 2.45) is 0 Å². The highest BCUT2D eigenvalue weighted by molar-refractivity contribution is 6.42. The first-order valence-corrected chi connectivity index (χ1v) is 6.34. The van der Waals surface area contributed by atoms with Gasteiger partial charge in [-0.05, 0) is 23.8 Å². The van der Waals surface area contributed by atoms with Crippen LogP contribution < -0.4 is 5.32 Å². The molecule has 0 aliphatic carbocycles. The second-order valence-electron chi connectivity index (χ2n) is 3.98. The molecule has 0 saturated heterocycles. The monoisotopic (exact) mass is 281 g/mol. The normalized spacial score (nSPS) is 10.6. The van der Waals surface area contributed by atoms with Crippen LogP contribution >= 0.6 is 23.2 Å². The van der Waals surface area contributed by atoms with E-state index in [1.54, 1.807) is 18.2 Å². The van der Waals surface area contributed by atoms with E-state index in [0.29, 0.717) is 28.9 Å². The lowest BCUT2D eigenvalue weighted by molar-refractivity contribution is 0.464. The summed E-state index contributed by atoms with van der Waals surface area (Å²) in [5.41, 5.74) is 1.93. The van der Waals surface area contributed by atoms with E-state index in [-0.39, 0.29) is 0 Å². The van der Waals surface area contributed by atoms with Crippen molar-refractivity contribution in [1.82, 2.24) is 5.32 Å². The average Bonchev–Trinajstić information content (AvgIpc) is 2.36. The lowest BCUT2D eigenvalue weighted by atomic mass is 10.2. The van der Waals surface area contributed by atoms with Crippen LogP contribution in [0.1, 0.15) is 11.1 Å². The van der Waals surface area contributed by atoms with Crippen molar-refractivity contribution in [3.63, 3.8) is 0 Å². The minimum Gasteiger partial charge on any atom is -0.508 e. The topological polar surface area (TPSA) is 32.3 Å². The van der Waals surface area contributed by atoms with Crippen LogP contribution in [0, 0.1) is 0 Å².